The number of carbonyl (C=O) groups is 1. The Labute approximate surface area is 247 Å². The summed E-state index contributed by atoms with van der Waals surface area (Å²) >= 11 is 3.21. The molecular weight excluding hydrogens is 584 g/mol. The van der Waals surface area contributed by atoms with Gasteiger partial charge in [0, 0.05) is 34.8 Å². The molecule has 5 aromatic rings. The Bertz CT molecular complexity index is 1780. The molecule has 0 fully saturated rings. The maximum atomic E-state index is 13.5. The van der Waals surface area contributed by atoms with Gasteiger partial charge in [-0.05, 0) is 68.4 Å². The number of fused-ring (bicyclic) bond motifs is 2. The highest BCUT2D eigenvalue weighted by Crippen LogP contribution is 2.45. The number of hydrogen-bond acceptors (Lipinski definition) is 7. The quantitative estimate of drug-likeness (QED) is 0.221. The van der Waals surface area contributed by atoms with Crippen molar-refractivity contribution in [3.05, 3.63) is 94.4 Å². The summed E-state index contributed by atoms with van der Waals surface area (Å²) < 4.78 is 29.5. The largest absolute Gasteiger partial charge is 0.313 e. The van der Waals surface area contributed by atoms with Crippen molar-refractivity contribution in [1.29, 1.82) is 0 Å². The molecule has 2 aromatic heterocycles. The molecule has 1 amide bonds. The summed E-state index contributed by atoms with van der Waals surface area (Å²) in [6.07, 6.45) is 0.889. The molecule has 0 radical (unpaired) electrons. The lowest BCUT2D eigenvalue weighted by Gasteiger charge is -2.22. The Morgan fingerprint density at radius 2 is 1.77 bits per heavy atom. The lowest BCUT2D eigenvalue weighted by molar-refractivity contribution is 0.102. The van der Waals surface area contributed by atoms with Crippen molar-refractivity contribution in [2.45, 2.75) is 24.8 Å². The first-order valence-electron chi connectivity index (χ1n) is 12.5. The number of hydrogen-bond donors (Lipinski definition) is 2. The van der Waals surface area contributed by atoms with Gasteiger partial charge in [-0.1, -0.05) is 35.9 Å². The third-order valence-corrected chi connectivity index (χ3v) is 10.3. The molecule has 0 unspecified atom stereocenters. The van der Waals surface area contributed by atoms with E-state index in [0.29, 0.717) is 11.3 Å². The van der Waals surface area contributed by atoms with Crippen molar-refractivity contribution in [3.63, 3.8) is 0 Å². The van der Waals surface area contributed by atoms with Crippen molar-refractivity contribution >= 4 is 71.9 Å². The monoisotopic (exact) mass is 610 g/mol. The Balaban J connectivity index is 0.00000323. The van der Waals surface area contributed by atoms with Crippen LogP contribution in [0.4, 0.5) is 10.7 Å². The van der Waals surface area contributed by atoms with E-state index in [1.54, 1.807) is 71.2 Å². The predicted molar refractivity (Wildman–Crippen MR) is 167 cm³/mol. The van der Waals surface area contributed by atoms with Gasteiger partial charge in [0.25, 0.3) is 15.9 Å². The van der Waals surface area contributed by atoms with Crippen molar-refractivity contribution in [3.8, 4) is 10.6 Å². The number of nitrogens with zero attached hydrogens (tertiary/aromatic N) is 2. The van der Waals surface area contributed by atoms with Gasteiger partial charge in [-0.15, -0.1) is 35.1 Å². The first-order valence-corrected chi connectivity index (χ1v) is 15.6. The van der Waals surface area contributed by atoms with Crippen molar-refractivity contribution in [2.75, 3.05) is 23.6 Å². The molecule has 0 bridgehead atoms. The van der Waals surface area contributed by atoms with Gasteiger partial charge in [0.1, 0.15) is 10.0 Å². The van der Waals surface area contributed by atoms with E-state index in [9.17, 15) is 13.2 Å². The van der Waals surface area contributed by atoms with Gasteiger partial charge in [-0.3, -0.25) is 9.52 Å². The maximum Gasteiger partial charge on any atom is 0.261 e. The highest BCUT2D eigenvalue weighted by atomic mass is 35.5. The van der Waals surface area contributed by atoms with E-state index in [-0.39, 0.29) is 23.2 Å². The number of likely N-dealkylation sites (N-methyl/N-ethyl adjacent to an activating group) is 1. The Morgan fingerprint density at radius 3 is 2.55 bits per heavy atom. The number of rotatable bonds is 6. The molecule has 0 atom stereocenters. The standard InChI is InChI=1S/C29H26N4O3S3.ClH/c1-18-10-12-21(13-11-18)39(35,36)32-20-7-5-6-19(16-20)27(34)31-29-26(22-14-15-33(2)17-25(22)38-29)28-30-23-8-3-4-9-24(23)37-28;/h3-13,16,32H,14-15,17H2,1-2H3,(H,31,34);1H. The highest BCUT2D eigenvalue weighted by Gasteiger charge is 2.27. The van der Waals surface area contributed by atoms with E-state index < -0.39 is 10.0 Å². The van der Waals surface area contributed by atoms with Gasteiger partial charge in [0.2, 0.25) is 0 Å². The van der Waals surface area contributed by atoms with Crippen LogP contribution in [-0.4, -0.2) is 37.8 Å². The Kier molecular flexibility index (Phi) is 7.98. The number of aromatic nitrogens is 1. The third kappa shape index (κ3) is 5.63. The van der Waals surface area contributed by atoms with Crippen LogP contribution < -0.4 is 10.0 Å². The van der Waals surface area contributed by atoms with Crippen LogP contribution in [0.5, 0.6) is 0 Å². The van der Waals surface area contributed by atoms with E-state index in [1.165, 1.54) is 10.4 Å². The van der Waals surface area contributed by atoms with Crippen LogP contribution in [-0.2, 0) is 23.0 Å². The number of para-hydroxylation sites is 1. The zero-order chi connectivity index (χ0) is 27.1. The first kappa shape index (κ1) is 28.3. The molecule has 3 heterocycles. The van der Waals surface area contributed by atoms with E-state index >= 15 is 0 Å². The van der Waals surface area contributed by atoms with Gasteiger partial charge in [0.05, 0.1) is 15.1 Å². The zero-order valence-electron chi connectivity index (χ0n) is 21.8. The van der Waals surface area contributed by atoms with Crippen LogP contribution in [0, 0.1) is 6.92 Å². The van der Waals surface area contributed by atoms with Crippen molar-refractivity contribution < 1.29 is 13.2 Å². The molecular formula is C29H27ClN4O3S3. The molecule has 0 saturated carbocycles. The Morgan fingerprint density at radius 1 is 1.00 bits per heavy atom. The minimum Gasteiger partial charge on any atom is -0.313 e. The van der Waals surface area contributed by atoms with Crippen LogP contribution in [0.15, 0.2) is 77.7 Å². The van der Waals surface area contributed by atoms with Gasteiger partial charge >= 0.3 is 0 Å². The number of aryl methyl sites for hydroxylation is 1. The van der Waals surface area contributed by atoms with Crippen LogP contribution in [0.2, 0.25) is 0 Å². The van der Waals surface area contributed by atoms with E-state index in [1.807, 2.05) is 25.1 Å². The molecule has 0 aliphatic carbocycles. The van der Waals surface area contributed by atoms with Crippen LogP contribution in [0.1, 0.15) is 26.4 Å². The zero-order valence-corrected chi connectivity index (χ0v) is 25.1. The molecule has 6 rings (SSSR count). The van der Waals surface area contributed by atoms with Crippen molar-refractivity contribution in [1.82, 2.24) is 9.88 Å². The maximum absolute atomic E-state index is 13.5. The summed E-state index contributed by atoms with van der Waals surface area (Å²) in [6, 6.07) is 21.2. The summed E-state index contributed by atoms with van der Waals surface area (Å²) in [5.74, 6) is -0.305. The number of nitrogens with one attached hydrogen (secondary N) is 2. The summed E-state index contributed by atoms with van der Waals surface area (Å²) in [4.78, 5) is 22.0. The topological polar surface area (TPSA) is 91.4 Å². The SMILES string of the molecule is Cc1ccc(S(=O)(=O)Nc2cccc(C(=O)Nc3sc4c(c3-c3nc5ccccc5s3)CCN(C)C4)c2)cc1.Cl. The fraction of sp³-hybridized carbons (Fsp3) is 0.172. The van der Waals surface area contributed by atoms with E-state index in [4.69, 9.17) is 4.98 Å². The molecule has 0 spiro atoms. The minimum absolute atomic E-state index is 0. The lowest BCUT2D eigenvalue weighted by Crippen LogP contribution is -2.25. The van der Waals surface area contributed by atoms with Crippen LogP contribution >= 0.6 is 35.1 Å². The fourth-order valence-electron chi connectivity index (χ4n) is 4.66. The number of benzene rings is 3. The lowest BCUT2D eigenvalue weighted by atomic mass is 10.0. The number of halogens is 1. The molecule has 1 aliphatic rings. The summed E-state index contributed by atoms with van der Waals surface area (Å²) in [7, 11) is -1.69. The molecule has 0 saturated heterocycles. The predicted octanol–water partition coefficient (Wildman–Crippen LogP) is 6.80. The average Bonchev–Trinajstić information content (AvgIpc) is 3.49. The third-order valence-electron chi connectivity index (χ3n) is 6.69. The van der Waals surface area contributed by atoms with E-state index in [2.05, 4.69) is 28.1 Å². The average molecular weight is 611 g/mol. The van der Waals surface area contributed by atoms with Crippen LogP contribution in [0.25, 0.3) is 20.8 Å². The minimum atomic E-state index is -3.79. The van der Waals surface area contributed by atoms with Gasteiger partial charge in [0.15, 0.2) is 0 Å². The summed E-state index contributed by atoms with van der Waals surface area (Å²) in [6.45, 7) is 3.67. The number of anilines is 2. The summed E-state index contributed by atoms with van der Waals surface area (Å²) in [5.41, 5.74) is 4.83. The molecule has 2 N–H and O–H groups in total. The Hall–Kier alpha value is -3.28. The highest BCUT2D eigenvalue weighted by molar-refractivity contribution is 7.92. The second-order valence-corrected chi connectivity index (χ2v) is 13.5. The number of thiazole rings is 1. The number of amides is 1. The second kappa shape index (κ2) is 11.3. The van der Waals surface area contributed by atoms with E-state index in [0.717, 1.165) is 50.9 Å². The first-order chi connectivity index (χ1) is 18.8. The normalized spacial score (nSPS) is 13.4. The second-order valence-electron chi connectivity index (χ2n) is 9.64. The van der Waals surface area contributed by atoms with Crippen molar-refractivity contribution in [2.24, 2.45) is 0 Å². The molecule has 11 heteroatoms. The molecule has 7 nitrogen and oxygen atoms in total. The number of sulfonamides is 1. The fourth-order valence-corrected chi connectivity index (χ4v) is 8.14. The molecule has 206 valence electrons. The molecule has 3 aromatic carbocycles. The molecule has 40 heavy (non-hydrogen) atoms. The molecule has 1 aliphatic heterocycles. The smallest absolute Gasteiger partial charge is 0.261 e. The summed E-state index contributed by atoms with van der Waals surface area (Å²) in [5, 5.41) is 4.79. The van der Waals surface area contributed by atoms with Gasteiger partial charge in [-0.25, -0.2) is 13.4 Å². The number of carbonyl (C=O) groups excluding carboxylic acids is 1. The van der Waals surface area contributed by atoms with Crippen LogP contribution in [0.3, 0.4) is 0 Å². The van der Waals surface area contributed by atoms with Gasteiger partial charge < -0.3 is 10.2 Å². The number of thiophene rings is 1. The van der Waals surface area contributed by atoms with Gasteiger partial charge in [-0.2, -0.15) is 0 Å².